The summed E-state index contributed by atoms with van der Waals surface area (Å²) in [6.07, 6.45) is 0.559. The number of carbonyl (C=O) groups is 1. The molecule has 6 nitrogen and oxygen atoms in total. The Kier molecular flexibility index (Phi) is 5.24. The standard InChI is InChI=1S/C17H19N3O3S/c21-8-7-18-11-17(23)20-14(12-4-1-2-5-15(12)22)10-13(19-20)16-6-3-9-24-16/h1-6,9,14,18,21-22H,7-8,10-11H2. The highest BCUT2D eigenvalue weighted by Gasteiger charge is 2.34. The zero-order chi connectivity index (χ0) is 16.9. The molecule has 1 aromatic heterocycles. The van der Waals surface area contributed by atoms with E-state index in [0.29, 0.717) is 18.5 Å². The van der Waals surface area contributed by atoms with Gasteiger partial charge in [-0.05, 0) is 17.5 Å². The van der Waals surface area contributed by atoms with Gasteiger partial charge in [0.2, 0.25) is 0 Å². The van der Waals surface area contributed by atoms with Crippen LogP contribution < -0.4 is 5.32 Å². The minimum Gasteiger partial charge on any atom is -0.508 e. The van der Waals surface area contributed by atoms with Crippen LogP contribution in [0.5, 0.6) is 5.75 Å². The summed E-state index contributed by atoms with van der Waals surface area (Å²) in [6, 6.07) is 10.6. The molecule has 126 valence electrons. The molecule has 0 bridgehead atoms. The van der Waals surface area contributed by atoms with Crippen molar-refractivity contribution in [1.82, 2.24) is 10.3 Å². The zero-order valence-electron chi connectivity index (χ0n) is 13.1. The maximum atomic E-state index is 12.5. The fourth-order valence-corrected chi connectivity index (χ4v) is 3.42. The molecule has 0 spiro atoms. The van der Waals surface area contributed by atoms with E-state index in [1.165, 1.54) is 5.01 Å². The van der Waals surface area contributed by atoms with Gasteiger partial charge in [0.15, 0.2) is 0 Å². The summed E-state index contributed by atoms with van der Waals surface area (Å²) in [4.78, 5) is 13.5. The molecule has 0 saturated carbocycles. The van der Waals surface area contributed by atoms with E-state index in [0.717, 1.165) is 10.6 Å². The third-order valence-electron chi connectivity index (χ3n) is 3.83. The molecule has 2 aromatic rings. The van der Waals surface area contributed by atoms with Gasteiger partial charge in [0, 0.05) is 18.5 Å². The quantitative estimate of drug-likeness (QED) is 0.696. The molecule has 7 heteroatoms. The van der Waals surface area contributed by atoms with E-state index in [1.807, 2.05) is 29.6 Å². The molecular formula is C17H19N3O3S. The van der Waals surface area contributed by atoms with Crippen molar-refractivity contribution in [2.24, 2.45) is 5.10 Å². The van der Waals surface area contributed by atoms with E-state index in [1.54, 1.807) is 23.5 Å². The van der Waals surface area contributed by atoms with Gasteiger partial charge in [-0.2, -0.15) is 5.10 Å². The molecule has 0 saturated heterocycles. The van der Waals surface area contributed by atoms with Gasteiger partial charge in [-0.25, -0.2) is 5.01 Å². The van der Waals surface area contributed by atoms with Gasteiger partial charge in [-0.3, -0.25) is 4.79 Å². The van der Waals surface area contributed by atoms with Gasteiger partial charge in [0.05, 0.1) is 29.8 Å². The Morgan fingerprint density at radius 2 is 2.17 bits per heavy atom. The number of thiophene rings is 1. The molecule has 1 aromatic carbocycles. The number of amides is 1. The molecule has 24 heavy (non-hydrogen) atoms. The van der Waals surface area contributed by atoms with Crippen molar-refractivity contribution in [3.8, 4) is 5.75 Å². The lowest BCUT2D eigenvalue weighted by atomic mass is 10.00. The number of carbonyl (C=O) groups excluding carboxylic acids is 1. The number of aliphatic hydroxyl groups is 1. The maximum Gasteiger partial charge on any atom is 0.257 e. The lowest BCUT2D eigenvalue weighted by Gasteiger charge is -2.22. The van der Waals surface area contributed by atoms with Crippen molar-refractivity contribution in [3.05, 3.63) is 52.2 Å². The minimum absolute atomic E-state index is 0.0279. The third-order valence-corrected chi connectivity index (χ3v) is 4.75. The van der Waals surface area contributed by atoms with Crippen LogP contribution >= 0.6 is 11.3 Å². The largest absolute Gasteiger partial charge is 0.508 e. The van der Waals surface area contributed by atoms with Crippen molar-refractivity contribution in [2.45, 2.75) is 12.5 Å². The average Bonchev–Trinajstić information content (AvgIpc) is 3.25. The van der Waals surface area contributed by atoms with E-state index in [-0.39, 0.29) is 30.9 Å². The molecule has 1 aliphatic heterocycles. The topological polar surface area (TPSA) is 85.2 Å². The number of aromatic hydroxyl groups is 1. The summed E-state index contributed by atoms with van der Waals surface area (Å²) in [5.74, 6) is -0.0329. The van der Waals surface area contributed by atoms with Crippen molar-refractivity contribution in [1.29, 1.82) is 0 Å². The van der Waals surface area contributed by atoms with Crippen molar-refractivity contribution < 1.29 is 15.0 Å². The number of para-hydroxylation sites is 1. The SMILES string of the molecule is O=C(CNCCO)N1N=C(c2cccs2)CC1c1ccccc1O. The second-order valence-corrected chi connectivity index (χ2v) is 6.39. The smallest absolute Gasteiger partial charge is 0.257 e. The minimum atomic E-state index is -0.327. The first-order valence-electron chi connectivity index (χ1n) is 7.73. The predicted octanol–water partition coefficient (Wildman–Crippen LogP) is 1.71. The molecule has 1 aliphatic rings. The Morgan fingerprint density at radius 1 is 1.33 bits per heavy atom. The van der Waals surface area contributed by atoms with Crippen LogP contribution in [-0.2, 0) is 4.79 Å². The Bertz CT molecular complexity index is 730. The molecule has 1 unspecified atom stereocenters. The molecular weight excluding hydrogens is 326 g/mol. The first-order valence-corrected chi connectivity index (χ1v) is 8.61. The average molecular weight is 345 g/mol. The lowest BCUT2D eigenvalue weighted by Crippen LogP contribution is -2.36. The van der Waals surface area contributed by atoms with Crippen LogP contribution in [-0.4, -0.2) is 46.5 Å². The van der Waals surface area contributed by atoms with Gasteiger partial charge < -0.3 is 15.5 Å². The predicted molar refractivity (Wildman–Crippen MR) is 93.1 cm³/mol. The van der Waals surface area contributed by atoms with E-state index in [9.17, 15) is 9.90 Å². The van der Waals surface area contributed by atoms with Crippen LogP contribution in [0.1, 0.15) is 22.9 Å². The van der Waals surface area contributed by atoms with E-state index < -0.39 is 0 Å². The van der Waals surface area contributed by atoms with Gasteiger partial charge in [0.25, 0.3) is 5.91 Å². The number of phenolic OH excluding ortho intramolecular Hbond substituents is 1. The van der Waals surface area contributed by atoms with Crippen LogP contribution in [0.4, 0.5) is 0 Å². The number of nitrogens with one attached hydrogen (secondary N) is 1. The highest BCUT2D eigenvalue weighted by atomic mass is 32.1. The van der Waals surface area contributed by atoms with E-state index in [2.05, 4.69) is 10.4 Å². The molecule has 2 heterocycles. The summed E-state index contributed by atoms with van der Waals surface area (Å²) >= 11 is 1.58. The normalized spacial score (nSPS) is 17.1. The lowest BCUT2D eigenvalue weighted by molar-refractivity contribution is -0.132. The van der Waals surface area contributed by atoms with Crippen molar-refractivity contribution in [2.75, 3.05) is 19.7 Å². The van der Waals surface area contributed by atoms with Gasteiger partial charge in [-0.1, -0.05) is 24.3 Å². The highest BCUT2D eigenvalue weighted by molar-refractivity contribution is 7.12. The van der Waals surface area contributed by atoms with Crippen LogP contribution in [0.15, 0.2) is 46.9 Å². The van der Waals surface area contributed by atoms with Crippen molar-refractivity contribution in [3.63, 3.8) is 0 Å². The van der Waals surface area contributed by atoms with Crippen LogP contribution in [0.3, 0.4) is 0 Å². The van der Waals surface area contributed by atoms with Crippen LogP contribution in [0.25, 0.3) is 0 Å². The zero-order valence-corrected chi connectivity index (χ0v) is 13.9. The van der Waals surface area contributed by atoms with Crippen LogP contribution in [0.2, 0.25) is 0 Å². The molecule has 3 rings (SSSR count). The monoisotopic (exact) mass is 345 g/mol. The number of phenols is 1. The molecule has 0 radical (unpaired) electrons. The second kappa shape index (κ2) is 7.57. The van der Waals surface area contributed by atoms with Gasteiger partial charge >= 0.3 is 0 Å². The summed E-state index contributed by atoms with van der Waals surface area (Å²) in [5.41, 5.74) is 1.53. The Balaban J connectivity index is 1.86. The summed E-state index contributed by atoms with van der Waals surface area (Å²) in [5, 5.41) is 29.8. The number of nitrogens with zero attached hydrogens (tertiary/aromatic N) is 2. The van der Waals surface area contributed by atoms with Crippen LogP contribution in [0, 0.1) is 0 Å². The Labute approximate surface area is 144 Å². The van der Waals surface area contributed by atoms with Gasteiger partial charge in [0.1, 0.15) is 5.75 Å². The molecule has 1 atom stereocenters. The molecule has 0 fully saturated rings. The number of hydrazone groups is 1. The Hall–Kier alpha value is -2.22. The fourth-order valence-electron chi connectivity index (χ4n) is 2.70. The third kappa shape index (κ3) is 3.48. The number of hydrogen-bond donors (Lipinski definition) is 3. The number of hydrogen-bond acceptors (Lipinski definition) is 6. The summed E-state index contributed by atoms with van der Waals surface area (Å²) in [6.45, 7) is 0.411. The maximum absolute atomic E-state index is 12.5. The number of benzene rings is 1. The molecule has 1 amide bonds. The van der Waals surface area contributed by atoms with Crippen molar-refractivity contribution >= 4 is 23.0 Å². The van der Waals surface area contributed by atoms with E-state index >= 15 is 0 Å². The first-order chi connectivity index (χ1) is 11.7. The first kappa shape index (κ1) is 16.6. The number of aliphatic hydroxyl groups excluding tert-OH is 1. The fraction of sp³-hybridized carbons (Fsp3) is 0.294. The second-order valence-electron chi connectivity index (χ2n) is 5.44. The van der Waals surface area contributed by atoms with Gasteiger partial charge in [-0.15, -0.1) is 11.3 Å². The Morgan fingerprint density at radius 3 is 2.88 bits per heavy atom. The summed E-state index contributed by atoms with van der Waals surface area (Å²) < 4.78 is 0. The molecule has 0 aliphatic carbocycles. The molecule has 3 N–H and O–H groups in total. The number of rotatable bonds is 6. The van der Waals surface area contributed by atoms with E-state index in [4.69, 9.17) is 5.11 Å². The summed E-state index contributed by atoms with van der Waals surface area (Å²) in [7, 11) is 0. The highest BCUT2D eigenvalue weighted by Crippen LogP contribution is 2.37.